The Labute approximate surface area is 58.5 Å². The maximum absolute atomic E-state index is 8.40. The molecule has 0 saturated carbocycles. The van der Waals surface area contributed by atoms with E-state index < -0.39 is 9.29 Å². The molecule has 2 nitrogen and oxygen atoms in total. The van der Waals surface area contributed by atoms with E-state index in [1.165, 1.54) is 0 Å². The minimum atomic E-state index is -1.42. The zero-order valence-corrected chi connectivity index (χ0v) is 5.23. The fourth-order valence-electron chi connectivity index (χ4n) is 0. The van der Waals surface area contributed by atoms with Gasteiger partial charge in [0.1, 0.15) is 0 Å². The summed E-state index contributed by atoms with van der Waals surface area (Å²) in [7, 11) is -1.42. The first-order chi connectivity index (χ1) is 1.41. The van der Waals surface area contributed by atoms with E-state index in [4.69, 9.17) is 8.92 Å². The van der Waals surface area contributed by atoms with Crippen LogP contribution in [0.1, 0.15) is 2.85 Å². The van der Waals surface area contributed by atoms with E-state index in [0.717, 1.165) is 0 Å². The van der Waals surface area contributed by atoms with Crippen molar-refractivity contribution in [1.29, 1.82) is 0 Å². The normalized spacial score (nSPS) is 2.00. The van der Waals surface area contributed by atoms with E-state index in [1.54, 1.807) is 0 Å². The van der Waals surface area contributed by atoms with Crippen molar-refractivity contribution in [2.45, 2.75) is 0 Å². The second kappa shape index (κ2) is 8.95. The average Bonchev–Trinajstić information content (AvgIpc) is 0.918. The van der Waals surface area contributed by atoms with Crippen LogP contribution in [0.15, 0.2) is 0 Å². The molecule has 0 aliphatic carbocycles. The Kier molecular flexibility index (Phi) is 19.9. The van der Waals surface area contributed by atoms with Gasteiger partial charge in [-0.25, -0.2) is 0 Å². The quantitative estimate of drug-likeness (QED) is 0.376. The second-order valence-corrected chi connectivity index (χ2v) is 0.250. The third kappa shape index (κ3) is 11.4. The summed E-state index contributed by atoms with van der Waals surface area (Å²) >= 11 is 0. The van der Waals surface area contributed by atoms with Crippen LogP contribution in [0.4, 0.5) is 0 Å². The van der Waals surface area contributed by atoms with Gasteiger partial charge in [0.2, 0.25) is 0 Å². The molecule has 0 spiro atoms. The molecule has 0 atom stereocenters. The van der Waals surface area contributed by atoms with Crippen molar-refractivity contribution in [1.82, 2.24) is 0 Å². The maximum Gasteiger partial charge on any atom is 2.00 e. The van der Waals surface area contributed by atoms with E-state index >= 15 is 0 Å². The topological polar surface area (TPSA) is 34.1 Å². The molecule has 0 rings (SSSR count). The number of hydrogen-bond acceptors (Lipinski definition) is 2. The molecule has 4 heteroatoms. The molecule has 0 bridgehead atoms. The van der Waals surface area contributed by atoms with E-state index in [2.05, 4.69) is 0 Å². The predicted octanol–water partition coefficient (Wildman–Crippen LogP) is -0.774. The monoisotopic (exact) mass is 102 g/mol. The van der Waals surface area contributed by atoms with E-state index in [-0.39, 0.29) is 40.6 Å². The van der Waals surface area contributed by atoms with Crippen molar-refractivity contribution in [3.05, 3.63) is 0 Å². The van der Waals surface area contributed by atoms with Crippen molar-refractivity contribution in [3.8, 4) is 0 Å². The van der Waals surface area contributed by atoms with Crippen LogP contribution in [-0.2, 0) is 8.92 Å². The van der Waals surface area contributed by atoms with Gasteiger partial charge in [-0.3, -0.25) is 8.92 Å². The molecule has 0 aromatic heterocycles. The minimum Gasteiger partial charge on any atom is -1.00 e. The molecule has 0 radical (unpaired) electrons. The molecule has 0 heterocycles. The first-order valence-corrected chi connectivity index (χ1v) is 1.22. The van der Waals surface area contributed by atoms with Crippen LogP contribution >= 0.6 is 0 Å². The molecular formula is H2CaO2Si. The first-order valence-electron chi connectivity index (χ1n) is 0.408. The molecular weight excluding hydrogens is 100 g/mol. The smallest absolute Gasteiger partial charge is 1.00 e. The van der Waals surface area contributed by atoms with Gasteiger partial charge in [0, 0.05) is 0 Å². The number of rotatable bonds is 0. The Morgan fingerprint density at radius 3 is 1.50 bits per heavy atom. The molecule has 0 aliphatic rings. The van der Waals surface area contributed by atoms with Crippen LogP contribution in [-0.4, -0.2) is 47.0 Å². The zero-order chi connectivity index (χ0) is 2.71. The van der Waals surface area contributed by atoms with Crippen LogP contribution in [0.2, 0.25) is 0 Å². The van der Waals surface area contributed by atoms with E-state index in [9.17, 15) is 0 Å². The molecule has 0 N–H and O–H groups in total. The zero-order valence-electron chi connectivity index (χ0n) is 4.02. The summed E-state index contributed by atoms with van der Waals surface area (Å²) in [6.45, 7) is 0. The molecule has 4 heavy (non-hydrogen) atoms. The Balaban J connectivity index is -0.00000000667. The Bertz CT molecular complexity index is 32.5. The molecule has 0 amide bonds. The van der Waals surface area contributed by atoms with Gasteiger partial charge >= 0.3 is 47.0 Å². The van der Waals surface area contributed by atoms with Crippen molar-refractivity contribution in [3.63, 3.8) is 0 Å². The van der Waals surface area contributed by atoms with E-state index in [0.29, 0.717) is 0 Å². The molecule has 0 unspecified atom stereocenters. The van der Waals surface area contributed by atoms with Gasteiger partial charge in [-0.2, -0.15) is 0 Å². The van der Waals surface area contributed by atoms with Crippen LogP contribution in [0.3, 0.4) is 0 Å². The fourth-order valence-corrected chi connectivity index (χ4v) is 0. The fraction of sp³-hybridized carbons (Fsp3) is 0. The third-order valence-electron chi connectivity index (χ3n) is 0. The summed E-state index contributed by atoms with van der Waals surface area (Å²) in [6, 6.07) is 0. The SMILES string of the molecule is O=[Si]=O.[Ca+2].[H-].[H-]. The average molecular weight is 102 g/mol. The second-order valence-electron chi connectivity index (χ2n) is 0.0833. The molecule has 0 aromatic rings. The summed E-state index contributed by atoms with van der Waals surface area (Å²) in [5.41, 5.74) is 0. The Morgan fingerprint density at radius 2 is 1.50 bits per heavy atom. The predicted molar refractivity (Wildman–Crippen MR) is 15.1 cm³/mol. The molecule has 0 saturated heterocycles. The molecule has 0 aliphatic heterocycles. The number of hydrogen-bond donors (Lipinski definition) is 0. The summed E-state index contributed by atoms with van der Waals surface area (Å²) in [4.78, 5) is 0. The van der Waals surface area contributed by atoms with Crippen molar-refractivity contribution in [2.24, 2.45) is 0 Å². The van der Waals surface area contributed by atoms with Crippen LogP contribution in [0, 0.1) is 0 Å². The van der Waals surface area contributed by atoms with Crippen LogP contribution in [0.5, 0.6) is 0 Å². The van der Waals surface area contributed by atoms with Gasteiger partial charge in [-0.15, -0.1) is 0 Å². The standard InChI is InChI=1S/Ca.O2Si.2H/c;1-3-2;;/q+2;;2*-1. The van der Waals surface area contributed by atoms with Gasteiger partial charge < -0.3 is 2.85 Å². The Hall–Kier alpha value is 1.08. The van der Waals surface area contributed by atoms with Crippen molar-refractivity contribution in [2.75, 3.05) is 0 Å². The van der Waals surface area contributed by atoms with Gasteiger partial charge in [0.15, 0.2) is 0 Å². The van der Waals surface area contributed by atoms with Crippen molar-refractivity contribution >= 4 is 47.0 Å². The van der Waals surface area contributed by atoms with Gasteiger partial charge in [0.25, 0.3) is 0 Å². The summed E-state index contributed by atoms with van der Waals surface area (Å²) in [5.74, 6) is 0. The minimum absolute atomic E-state index is 0. The van der Waals surface area contributed by atoms with Gasteiger partial charge in [0.05, 0.1) is 0 Å². The van der Waals surface area contributed by atoms with E-state index in [1.807, 2.05) is 0 Å². The largest absolute Gasteiger partial charge is 2.00 e. The van der Waals surface area contributed by atoms with Gasteiger partial charge in [-0.05, 0) is 0 Å². The summed E-state index contributed by atoms with van der Waals surface area (Å²) < 4.78 is 16.8. The van der Waals surface area contributed by atoms with Crippen LogP contribution < -0.4 is 0 Å². The summed E-state index contributed by atoms with van der Waals surface area (Å²) in [6.07, 6.45) is 0. The third-order valence-corrected chi connectivity index (χ3v) is 0. The maximum atomic E-state index is 8.40. The summed E-state index contributed by atoms with van der Waals surface area (Å²) in [5, 5.41) is 0. The first kappa shape index (κ1) is 8.91. The molecule has 0 aromatic carbocycles. The molecule has 20 valence electrons. The Morgan fingerprint density at radius 1 is 1.50 bits per heavy atom. The van der Waals surface area contributed by atoms with Gasteiger partial charge in [-0.1, -0.05) is 0 Å². The molecule has 0 fully saturated rings. The van der Waals surface area contributed by atoms with Crippen molar-refractivity contribution < 1.29 is 11.8 Å². The van der Waals surface area contributed by atoms with Crippen LogP contribution in [0.25, 0.3) is 0 Å².